The van der Waals surface area contributed by atoms with Crippen LogP contribution in [0.2, 0.25) is 0 Å². The van der Waals surface area contributed by atoms with E-state index in [1.807, 2.05) is 18.2 Å². The second-order valence-electron chi connectivity index (χ2n) is 13.4. The van der Waals surface area contributed by atoms with Crippen molar-refractivity contribution in [2.75, 3.05) is 19.8 Å². The number of carboxylic acids is 1. The molecule has 3 unspecified atom stereocenters. The van der Waals surface area contributed by atoms with E-state index < -0.39 is 57.6 Å². The smallest absolute Gasteiger partial charge is 0.472 e. The van der Waals surface area contributed by atoms with E-state index in [-0.39, 0.29) is 12.8 Å². The van der Waals surface area contributed by atoms with Crippen molar-refractivity contribution >= 4 is 25.7 Å². The maximum atomic E-state index is 12.3. The third-order valence-electron chi connectivity index (χ3n) is 8.18. The number of carboxylic acid groups (broad SMARTS) is 1. The second kappa shape index (κ2) is 38.5. The van der Waals surface area contributed by atoms with Crippen molar-refractivity contribution in [2.45, 2.75) is 154 Å². The largest absolute Gasteiger partial charge is 0.480 e. The number of rotatable bonds is 37. The fourth-order valence-electron chi connectivity index (χ4n) is 4.98. The molecule has 4 N–H and O–H groups in total. The van der Waals surface area contributed by atoms with Crippen LogP contribution in [0.5, 0.6) is 0 Å². The van der Waals surface area contributed by atoms with Gasteiger partial charge in [-0.15, -0.1) is 0 Å². The van der Waals surface area contributed by atoms with Crippen LogP contribution in [0.4, 0.5) is 0 Å². The molecule has 0 saturated carbocycles. The molecule has 11 nitrogen and oxygen atoms in total. The number of hydrogen-bond donors (Lipinski definition) is 4. The van der Waals surface area contributed by atoms with Gasteiger partial charge < -0.3 is 25.2 Å². The Hall–Kier alpha value is -3.34. The summed E-state index contributed by atoms with van der Waals surface area (Å²) < 4.78 is 26.7. The van der Waals surface area contributed by atoms with Crippen LogP contribution in [0, 0.1) is 0 Å². The van der Waals surface area contributed by atoms with E-state index >= 15 is 0 Å². The fraction of sp³-hybridized carbons (Fsp3) is 0.614. The summed E-state index contributed by atoms with van der Waals surface area (Å²) in [5.41, 5.74) is 0. The standard InChI is InChI=1S/C44H72NO10P/c1-3-5-7-9-11-13-15-17-18-19-20-21-22-24-26-28-30-32-34-36-43(48)53-37-40(46)38-54-56(51,52)55-39-41(44(49)50)45-42(47)35-33-31-29-27-25-23-16-14-12-10-8-6-4-2/h5,7,11,13-14,16-18,20-21,24,26,30,32,40-41,46H,3-4,6,8-10,12,15,19,22-23,25,27-29,31,33-39H2,1-2H3,(H,45,47)(H,49,50)(H,51,52)/b7-5-,13-11-,16-14-,18-17-,21-20-,26-24-,32-30-. The molecule has 318 valence electrons. The number of hydrogen-bond acceptors (Lipinski definition) is 8. The quantitative estimate of drug-likeness (QED) is 0.0205. The van der Waals surface area contributed by atoms with Gasteiger partial charge in [0.1, 0.15) is 12.7 Å². The molecule has 0 aromatic heterocycles. The van der Waals surface area contributed by atoms with Gasteiger partial charge in [-0.3, -0.25) is 18.6 Å². The Morgan fingerprint density at radius 3 is 1.59 bits per heavy atom. The normalized spacial score (nSPS) is 14.6. The third kappa shape index (κ3) is 37.6. The van der Waals surface area contributed by atoms with Crippen molar-refractivity contribution in [2.24, 2.45) is 0 Å². The Bertz CT molecular complexity index is 1270. The van der Waals surface area contributed by atoms with Gasteiger partial charge in [-0.05, 0) is 77.0 Å². The number of phosphoric ester groups is 1. The number of allylic oxidation sites excluding steroid dienone is 14. The van der Waals surface area contributed by atoms with E-state index in [9.17, 15) is 34.1 Å². The van der Waals surface area contributed by atoms with E-state index in [0.717, 1.165) is 77.0 Å². The van der Waals surface area contributed by atoms with Crippen LogP contribution in [-0.4, -0.2) is 64.9 Å². The molecular formula is C44H72NO10P. The summed E-state index contributed by atoms with van der Waals surface area (Å²) in [5.74, 6) is -2.49. The van der Waals surface area contributed by atoms with Gasteiger partial charge in [0, 0.05) is 12.8 Å². The first kappa shape index (κ1) is 52.7. The van der Waals surface area contributed by atoms with Gasteiger partial charge in [0.05, 0.1) is 13.2 Å². The van der Waals surface area contributed by atoms with Gasteiger partial charge in [0.2, 0.25) is 5.91 Å². The number of carbonyl (C=O) groups is 3. The molecule has 0 spiro atoms. The highest BCUT2D eigenvalue weighted by atomic mass is 31.2. The van der Waals surface area contributed by atoms with Gasteiger partial charge in [0.15, 0.2) is 6.04 Å². The first-order valence-electron chi connectivity index (χ1n) is 20.6. The lowest BCUT2D eigenvalue weighted by atomic mass is 10.1. The Morgan fingerprint density at radius 1 is 0.589 bits per heavy atom. The number of esters is 1. The number of amides is 1. The van der Waals surface area contributed by atoms with Crippen molar-refractivity contribution in [3.63, 3.8) is 0 Å². The fourth-order valence-corrected chi connectivity index (χ4v) is 5.75. The predicted molar refractivity (Wildman–Crippen MR) is 226 cm³/mol. The molecular weight excluding hydrogens is 733 g/mol. The average Bonchev–Trinajstić information content (AvgIpc) is 3.17. The van der Waals surface area contributed by atoms with Crippen LogP contribution < -0.4 is 5.32 Å². The summed E-state index contributed by atoms with van der Waals surface area (Å²) in [4.78, 5) is 45.8. The van der Waals surface area contributed by atoms with Crippen molar-refractivity contribution in [3.8, 4) is 0 Å². The van der Waals surface area contributed by atoms with Crippen LogP contribution in [0.15, 0.2) is 85.1 Å². The second-order valence-corrected chi connectivity index (χ2v) is 14.9. The van der Waals surface area contributed by atoms with Gasteiger partial charge in [-0.2, -0.15) is 0 Å². The zero-order chi connectivity index (χ0) is 41.4. The Kier molecular flexibility index (Phi) is 36.2. The highest BCUT2D eigenvalue weighted by Crippen LogP contribution is 2.43. The maximum Gasteiger partial charge on any atom is 0.472 e. The zero-order valence-electron chi connectivity index (χ0n) is 34.1. The van der Waals surface area contributed by atoms with Gasteiger partial charge in [-0.1, -0.05) is 137 Å². The molecule has 0 bridgehead atoms. The van der Waals surface area contributed by atoms with Crippen LogP contribution >= 0.6 is 7.82 Å². The number of carbonyl (C=O) groups excluding carboxylic acids is 2. The van der Waals surface area contributed by atoms with Crippen molar-refractivity contribution in [1.82, 2.24) is 5.32 Å². The molecule has 0 aromatic rings. The van der Waals surface area contributed by atoms with Crippen LogP contribution in [0.3, 0.4) is 0 Å². The van der Waals surface area contributed by atoms with E-state index in [2.05, 4.69) is 86.0 Å². The molecule has 0 rings (SSSR count). The molecule has 1 amide bonds. The molecule has 0 aliphatic carbocycles. The molecule has 0 aliphatic heterocycles. The monoisotopic (exact) mass is 805 g/mol. The molecule has 0 heterocycles. The lowest BCUT2D eigenvalue weighted by molar-refractivity contribution is -0.147. The molecule has 0 fully saturated rings. The third-order valence-corrected chi connectivity index (χ3v) is 9.13. The van der Waals surface area contributed by atoms with E-state index in [1.165, 1.54) is 25.7 Å². The summed E-state index contributed by atoms with van der Waals surface area (Å²) in [6.45, 7) is 2.35. The van der Waals surface area contributed by atoms with E-state index in [1.54, 1.807) is 0 Å². The Morgan fingerprint density at radius 2 is 1.05 bits per heavy atom. The number of phosphoric acid groups is 1. The van der Waals surface area contributed by atoms with Crippen LogP contribution in [0.1, 0.15) is 142 Å². The molecule has 0 aliphatic rings. The minimum Gasteiger partial charge on any atom is -0.480 e. The predicted octanol–water partition coefficient (Wildman–Crippen LogP) is 10.3. The van der Waals surface area contributed by atoms with Crippen LogP contribution in [-0.2, 0) is 32.7 Å². The number of aliphatic carboxylic acids is 1. The lowest BCUT2D eigenvalue weighted by Gasteiger charge is -2.18. The lowest BCUT2D eigenvalue weighted by Crippen LogP contribution is -2.43. The SMILES string of the molecule is CC/C=C\C/C=C\C/C=C\C/C=C\C/C=C\C/C=C\CCC(=O)OCC(O)COP(=O)(O)OCC(NC(=O)CCCCCCC/C=C\CCCCCC)C(=O)O. The number of nitrogens with one attached hydrogen (secondary N) is 1. The van der Waals surface area contributed by atoms with Gasteiger partial charge in [0.25, 0.3) is 0 Å². The highest BCUT2D eigenvalue weighted by Gasteiger charge is 2.28. The Balaban J connectivity index is 4.05. The van der Waals surface area contributed by atoms with Gasteiger partial charge in [-0.25, -0.2) is 9.36 Å². The van der Waals surface area contributed by atoms with Gasteiger partial charge >= 0.3 is 19.8 Å². The molecule has 3 atom stereocenters. The molecule has 12 heteroatoms. The molecule has 56 heavy (non-hydrogen) atoms. The zero-order valence-corrected chi connectivity index (χ0v) is 35.0. The topological polar surface area (TPSA) is 169 Å². The Labute approximate surface area is 337 Å². The van der Waals surface area contributed by atoms with Crippen molar-refractivity contribution in [1.29, 1.82) is 0 Å². The first-order chi connectivity index (χ1) is 27.1. The summed E-state index contributed by atoms with van der Waals surface area (Å²) >= 11 is 0. The molecule has 0 aromatic carbocycles. The summed E-state index contributed by atoms with van der Waals surface area (Å²) in [6, 6.07) is -1.56. The molecule has 0 saturated heterocycles. The number of unbranched alkanes of at least 4 members (excludes halogenated alkanes) is 9. The highest BCUT2D eigenvalue weighted by molar-refractivity contribution is 7.47. The minimum atomic E-state index is -4.78. The number of aliphatic hydroxyl groups excluding tert-OH is 1. The summed E-state index contributed by atoms with van der Waals surface area (Å²) in [6.07, 6.45) is 46.2. The van der Waals surface area contributed by atoms with Crippen molar-refractivity contribution in [3.05, 3.63) is 85.1 Å². The summed E-state index contributed by atoms with van der Waals surface area (Å²) in [5, 5.41) is 21.8. The van der Waals surface area contributed by atoms with E-state index in [4.69, 9.17) is 13.8 Å². The van der Waals surface area contributed by atoms with Crippen LogP contribution in [0.25, 0.3) is 0 Å². The number of aliphatic hydroxyl groups is 1. The molecule has 0 radical (unpaired) electrons. The minimum absolute atomic E-state index is 0.0941. The maximum absolute atomic E-state index is 12.3. The first-order valence-corrected chi connectivity index (χ1v) is 22.1. The average molecular weight is 806 g/mol. The van der Waals surface area contributed by atoms with E-state index in [0.29, 0.717) is 12.8 Å². The summed E-state index contributed by atoms with van der Waals surface area (Å²) in [7, 11) is -4.78. The van der Waals surface area contributed by atoms with Crippen molar-refractivity contribution < 1.29 is 47.8 Å². The number of ether oxygens (including phenoxy) is 1.